The lowest BCUT2D eigenvalue weighted by Gasteiger charge is -2.12. The maximum atomic E-state index is 10.2. The molecule has 1 aromatic rings. The number of ether oxygens (including phenoxy) is 2. The van der Waals surface area contributed by atoms with E-state index < -0.39 is 6.29 Å². The number of aromatic amines is 1. The lowest BCUT2D eigenvalue weighted by molar-refractivity contribution is -0.389. The van der Waals surface area contributed by atoms with Gasteiger partial charge in [-0.2, -0.15) is 0 Å². The average Bonchev–Trinajstić information content (AvgIpc) is 2.91. The highest BCUT2D eigenvalue weighted by atomic mass is 16.7. The Morgan fingerprint density at radius 3 is 2.91 bits per heavy atom. The number of H-pyrrole nitrogens is 1. The highest BCUT2D eigenvalue weighted by molar-refractivity contribution is 5.40. The second-order valence-electron chi connectivity index (χ2n) is 6.40. The van der Waals surface area contributed by atoms with Crippen molar-refractivity contribution in [1.29, 1.82) is 0 Å². The largest absolute Gasteiger partial charge is 0.502 e. The van der Waals surface area contributed by atoms with Crippen LogP contribution in [0.5, 0.6) is 5.75 Å². The quantitative estimate of drug-likeness (QED) is 0.607. The summed E-state index contributed by atoms with van der Waals surface area (Å²) < 4.78 is 11.4. The minimum absolute atomic E-state index is 0.243. The fourth-order valence-electron chi connectivity index (χ4n) is 2.61. The number of aryl methyl sites for hydroxylation is 1. The Kier molecular flexibility index (Phi) is 6.37. The third-order valence-electron chi connectivity index (χ3n) is 4.05. The summed E-state index contributed by atoms with van der Waals surface area (Å²) in [6, 6.07) is 0. The van der Waals surface area contributed by atoms with Gasteiger partial charge in [-0.15, -0.1) is 0 Å². The molecule has 0 saturated carbocycles. The monoisotopic (exact) mass is 318 g/mol. The van der Waals surface area contributed by atoms with Gasteiger partial charge >= 0.3 is 0 Å². The molecule has 0 amide bonds. The van der Waals surface area contributed by atoms with Crippen LogP contribution in [0.4, 0.5) is 0 Å². The number of fused-ring (bicyclic) bond motifs is 1. The van der Waals surface area contributed by atoms with Crippen molar-refractivity contribution >= 4 is 0 Å². The van der Waals surface area contributed by atoms with Crippen molar-refractivity contribution in [2.75, 3.05) is 6.61 Å². The zero-order valence-electron chi connectivity index (χ0n) is 14.6. The number of pyridine rings is 1. The van der Waals surface area contributed by atoms with Crippen molar-refractivity contribution in [1.82, 2.24) is 0 Å². The first kappa shape index (κ1) is 17.7. The molecule has 0 radical (unpaired) electrons. The van der Waals surface area contributed by atoms with Crippen LogP contribution in [-0.2, 0) is 16.1 Å². The van der Waals surface area contributed by atoms with Crippen molar-refractivity contribution in [2.24, 2.45) is 0 Å². The van der Waals surface area contributed by atoms with E-state index >= 15 is 0 Å². The van der Waals surface area contributed by atoms with E-state index in [2.05, 4.69) is 37.9 Å². The third-order valence-corrected chi connectivity index (χ3v) is 4.05. The number of unbranched alkanes of at least 4 members (excludes halogenated alkanes) is 1. The van der Waals surface area contributed by atoms with E-state index in [1.54, 1.807) is 0 Å². The molecule has 1 aliphatic heterocycles. The van der Waals surface area contributed by atoms with E-state index in [0.29, 0.717) is 13.2 Å². The first-order chi connectivity index (χ1) is 11.0. The standard InChI is InChI=1S/C19H27NO3/c1-13(2)7-5-6-8-14(3)9-10-22-19-17-16(12-23-19)11-20-15(4)18(17)21/h7,9,11,19,21H,5-6,8,10,12H2,1-4H3/p+1/b14-9+. The molecule has 126 valence electrons. The predicted molar refractivity (Wildman–Crippen MR) is 89.9 cm³/mol. The molecule has 0 saturated heterocycles. The second-order valence-corrected chi connectivity index (χ2v) is 6.40. The van der Waals surface area contributed by atoms with E-state index in [-0.39, 0.29) is 5.75 Å². The van der Waals surface area contributed by atoms with Gasteiger partial charge in [0.25, 0.3) is 0 Å². The van der Waals surface area contributed by atoms with Gasteiger partial charge in [-0.25, -0.2) is 4.98 Å². The Balaban J connectivity index is 1.83. The predicted octanol–water partition coefficient (Wildman–Crippen LogP) is 4.14. The smallest absolute Gasteiger partial charge is 0.219 e. The SMILES string of the molecule is CC(C)=CCCC/C(C)=C/COC1OCc2c[nH+]c(C)c(O)c21. The van der Waals surface area contributed by atoms with Crippen molar-refractivity contribution in [3.63, 3.8) is 0 Å². The van der Waals surface area contributed by atoms with Crippen LogP contribution in [0.1, 0.15) is 63.1 Å². The van der Waals surface area contributed by atoms with Crippen LogP contribution in [0.15, 0.2) is 29.5 Å². The minimum atomic E-state index is -0.479. The molecule has 2 heterocycles. The minimum Gasteiger partial charge on any atom is -0.502 e. The highest BCUT2D eigenvalue weighted by Gasteiger charge is 2.31. The Bertz CT molecular complexity index is 601. The normalized spacial score (nSPS) is 17.2. The van der Waals surface area contributed by atoms with Gasteiger partial charge in [0, 0.05) is 6.92 Å². The lowest BCUT2D eigenvalue weighted by Crippen LogP contribution is -2.11. The summed E-state index contributed by atoms with van der Waals surface area (Å²) in [5.41, 5.74) is 5.15. The van der Waals surface area contributed by atoms with Crippen LogP contribution >= 0.6 is 0 Å². The molecule has 4 heteroatoms. The fraction of sp³-hybridized carbons (Fsp3) is 0.526. The van der Waals surface area contributed by atoms with Crippen LogP contribution in [0, 0.1) is 6.92 Å². The number of hydrogen-bond donors (Lipinski definition) is 1. The van der Waals surface area contributed by atoms with E-state index in [0.717, 1.165) is 36.1 Å². The Labute approximate surface area is 138 Å². The first-order valence-corrected chi connectivity index (χ1v) is 8.24. The summed E-state index contributed by atoms with van der Waals surface area (Å²) in [5.74, 6) is 0.243. The van der Waals surface area contributed by atoms with Gasteiger partial charge in [0.15, 0.2) is 18.2 Å². The molecule has 2 N–H and O–H groups in total. The lowest BCUT2D eigenvalue weighted by atomic mass is 10.1. The molecule has 1 atom stereocenters. The van der Waals surface area contributed by atoms with Crippen molar-refractivity contribution in [2.45, 2.75) is 59.9 Å². The van der Waals surface area contributed by atoms with E-state index in [1.165, 1.54) is 11.1 Å². The fourth-order valence-corrected chi connectivity index (χ4v) is 2.61. The van der Waals surface area contributed by atoms with Crippen molar-refractivity contribution < 1.29 is 19.6 Å². The van der Waals surface area contributed by atoms with Crippen LogP contribution in [0.2, 0.25) is 0 Å². The van der Waals surface area contributed by atoms with Crippen molar-refractivity contribution in [3.8, 4) is 5.75 Å². The van der Waals surface area contributed by atoms with Gasteiger partial charge < -0.3 is 14.6 Å². The molecule has 2 rings (SSSR count). The molecule has 23 heavy (non-hydrogen) atoms. The number of aromatic hydroxyl groups is 1. The van der Waals surface area contributed by atoms with Gasteiger partial charge in [0.05, 0.1) is 24.3 Å². The number of rotatable bonds is 7. The third kappa shape index (κ3) is 4.91. The first-order valence-electron chi connectivity index (χ1n) is 8.24. The van der Waals surface area contributed by atoms with Crippen LogP contribution in [0.3, 0.4) is 0 Å². The second kappa shape index (κ2) is 8.27. The molecule has 4 nitrogen and oxygen atoms in total. The zero-order valence-corrected chi connectivity index (χ0v) is 14.6. The van der Waals surface area contributed by atoms with Crippen LogP contribution in [0.25, 0.3) is 0 Å². The average molecular weight is 318 g/mol. The molecule has 0 aromatic carbocycles. The topological polar surface area (TPSA) is 52.8 Å². The molecular formula is C19H28NO3+. The van der Waals surface area contributed by atoms with Crippen molar-refractivity contribution in [3.05, 3.63) is 46.3 Å². The zero-order chi connectivity index (χ0) is 16.8. The molecule has 0 spiro atoms. The molecular weight excluding hydrogens is 290 g/mol. The highest BCUT2D eigenvalue weighted by Crippen LogP contribution is 2.37. The van der Waals surface area contributed by atoms with E-state index in [4.69, 9.17) is 9.47 Å². The van der Waals surface area contributed by atoms with Crippen LogP contribution in [-0.4, -0.2) is 11.7 Å². The van der Waals surface area contributed by atoms with Gasteiger partial charge in [-0.3, -0.25) is 0 Å². The van der Waals surface area contributed by atoms with Gasteiger partial charge in [-0.1, -0.05) is 23.3 Å². The summed E-state index contributed by atoms with van der Waals surface area (Å²) in [4.78, 5) is 3.03. The summed E-state index contributed by atoms with van der Waals surface area (Å²) in [5, 5.41) is 10.2. The Morgan fingerprint density at radius 2 is 2.17 bits per heavy atom. The maximum Gasteiger partial charge on any atom is 0.219 e. The van der Waals surface area contributed by atoms with Gasteiger partial charge in [0.2, 0.25) is 5.69 Å². The Hall–Kier alpha value is -1.65. The number of hydrogen-bond acceptors (Lipinski definition) is 3. The molecule has 1 unspecified atom stereocenters. The molecule has 0 aliphatic carbocycles. The molecule has 0 bridgehead atoms. The summed E-state index contributed by atoms with van der Waals surface area (Å²) in [6.07, 6.45) is 9.13. The summed E-state index contributed by atoms with van der Waals surface area (Å²) in [6.45, 7) is 9.19. The Morgan fingerprint density at radius 1 is 1.39 bits per heavy atom. The number of nitrogens with one attached hydrogen (secondary N) is 1. The molecule has 0 fully saturated rings. The van der Waals surface area contributed by atoms with Gasteiger partial charge in [-0.05, 0) is 40.0 Å². The number of allylic oxidation sites excluding steroid dienone is 3. The van der Waals surface area contributed by atoms with E-state index in [9.17, 15) is 5.11 Å². The van der Waals surface area contributed by atoms with Gasteiger partial charge in [0.1, 0.15) is 0 Å². The summed E-state index contributed by atoms with van der Waals surface area (Å²) in [7, 11) is 0. The van der Waals surface area contributed by atoms with Crippen LogP contribution < -0.4 is 4.98 Å². The molecule has 1 aliphatic rings. The number of aromatic nitrogens is 1. The molecule has 1 aromatic heterocycles. The summed E-state index contributed by atoms with van der Waals surface area (Å²) >= 11 is 0. The maximum absolute atomic E-state index is 10.2. The van der Waals surface area contributed by atoms with E-state index in [1.807, 2.05) is 13.1 Å².